The minimum atomic E-state index is -0.792. The van der Waals surface area contributed by atoms with Crippen molar-refractivity contribution in [1.29, 1.82) is 0 Å². The number of likely N-dealkylation sites (tertiary alicyclic amines) is 1. The third-order valence-electron chi connectivity index (χ3n) is 5.15. The van der Waals surface area contributed by atoms with Gasteiger partial charge in [-0.1, -0.05) is 30.3 Å². The van der Waals surface area contributed by atoms with Crippen molar-refractivity contribution in [3.05, 3.63) is 59.7 Å². The first-order valence-corrected chi connectivity index (χ1v) is 8.50. The lowest BCUT2D eigenvalue weighted by Gasteiger charge is -2.29. The number of carbonyl (C=O) groups is 2. The summed E-state index contributed by atoms with van der Waals surface area (Å²) in [5.74, 6) is -0.343. The van der Waals surface area contributed by atoms with Gasteiger partial charge in [-0.2, -0.15) is 0 Å². The lowest BCUT2D eigenvalue weighted by Crippen LogP contribution is -2.35. The van der Waals surface area contributed by atoms with Crippen LogP contribution in [-0.2, 0) is 14.4 Å². The van der Waals surface area contributed by atoms with E-state index in [0.717, 1.165) is 22.6 Å². The average molecular weight is 352 g/mol. The third-order valence-corrected chi connectivity index (χ3v) is 5.15. The summed E-state index contributed by atoms with van der Waals surface area (Å²) in [6.07, 6.45) is -0.792. The van der Waals surface area contributed by atoms with Gasteiger partial charge in [-0.15, -0.1) is 0 Å². The van der Waals surface area contributed by atoms with Gasteiger partial charge in [0.1, 0.15) is 11.7 Å². The van der Waals surface area contributed by atoms with E-state index in [0.29, 0.717) is 0 Å². The molecule has 0 aromatic heterocycles. The number of nitrogens with zero attached hydrogens (tertiary/aromatic N) is 2. The zero-order chi connectivity index (χ0) is 18.4. The van der Waals surface area contributed by atoms with Gasteiger partial charge in [0.2, 0.25) is 5.91 Å². The molecule has 6 nitrogen and oxygen atoms in total. The Hall–Kier alpha value is -2.86. The van der Waals surface area contributed by atoms with Crippen LogP contribution in [-0.4, -0.2) is 37.0 Å². The van der Waals surface area contributed by atoms with Crippen molar-refractivity contribution in [3.8, 4) is 5.75 Å². The van der Waals surface area contributed by atoms with Gasteiger partial charge < -0.3 is 4.74 Å². The van der Waals surface area contributed by atoms with Crippen LogP contribution in [0.4, 0.5) is 5.69 Å². The molecule has 6 heteroatoms. The minimum Gasteiger partial charge on any atom is -0.497 e. The van der Waals surface area contributed by atoms with E-state index in [2.05, 4.69) is 0 Å². The molecule has 3 atom stereocenters. The van der Waals surface area contributed by atoms with Crippen molar-refractivity contribution in [2.45, 2.75) is 19.1 Å². The first kappa shape index (κ1) is 16.6. The highest BCUT2D eigenvalue weighted by Crippen LogP contribution is 2.47. The van der Waals surface area contributed by atoms with Crippen molar-refractivity contribution in [3.63, 3.8) is 0 Å². The number of benzene rings is 2. The minimum absolute atomic E-state index is 0.211. The zero-order valence-corrected chi connectivity index (χ0v) is 14.9. The maximum atomic E-state index is 12.7. The normalized spacial score (nSPS) is 25.0. The number of amides is 2. The molecule has 2 heterocycles. The summed E-state index contributed by atoms with van der Waals surface area (Å²) >= 11 is 0. The Balaban J connectivity index is 1.82. The van der Waals surface area contributed by atoms with Crippen molar-refractivity contribution in [1.82, 2.24) is 4.90 Å². The van der Waals surface area contributed by atoms with Crippen LogP contribution in [0.2, 0.25) is 0 Å². The molecular formula is C20H20N2O4. The fraction of sp³-hybridized carbons (Fsp3) is 0.300. The number of para-hydroxylation sites is 1. The monoisotopic (exact) mass is 352 g/mol. The zero-order valence-electron chi connectivity index (χ0n) is 14.9. The Morgan fingerprint density at radius 1 is 1.00 bits per heavy atom. The Morgan fingerprint density at radius 3 is 2.35 bits per heavy atom. The Bertz CT molecular complexity index is 864. The first-order chi connectivity index (χ1) is 12.5. The van der Waals surface area contributed by atoms with E-state index in [1.54, 1.807) is 12.2 Å². The predicted octanol–water partition coefficient (Wildman–Crippen LogP) is 2.48. The molecule has 0 N–H and O–H groups in total. The van der Waals surface area contributed by atoms with Crippen molar-refractivity contribution < 1.29 is 19.2 Å². The number of hydrogen-bond acceptors (Lipinski definition) is 5. The molecule has 0 saturated carbocycles. The second-order valence-corrected chi connectivity index (χ2v) is 6.62. The molecule has 2 aliphatic rings. The van der Waals surface area contributed by atoms with Crippen molar-refractivity contribution in [2.24, 2.45) is 5.92 Å². The number of aryl methyl sites for hydroxylation is 1. The van der Waals surface area contributed by atoms with Crippen LogP contribution in [0.15, 0.2) is 48.5 Å². The van der Waals surface area contributed by atoms with E-state index in [-0.39, 0.29) is 17.9 Å². The van der Waals surface area contributed by atoms with Crippen molar-refractivity contribution in [2.75, 3.05) is 19.2 Å². The molecule has 3 unspecified atom stereocenters. The summed E-state index contributed by atoms with van der Waals surface area (Å²) in [6, 6.07) is 14.9. The largest absolute Gasteiger partial charge is 0.497 e. The molecule has 0 spiro atoms. The van der Waals surface area contributed by atoms with Gasteiger partial charge in [-0.05, 0) is 36.2 Å². The van der Waals surface area contributed by atoms with E-state index in [1.807, 2.05) is 55.5 Å². The van der Waals surface area contributed by atoms with Crippen LogP contribution in [0.3, 0.4) is 0 Å². The molecule has 134 valence electrons. The highest BCUT2D eigenvalue weighted by atomic mass is 16.7. The smallest absolute Gasteiger partial charge is 0.261 e. The number of ether oxygens (including phenoxy) is 1. The van der Waals surface area contributed by atoms with Gasteiger partial charge in [0.05, 0.1) is 18.8 Å². The van der Waals surface area contributed by atoms with Gasteiger partial charge in [0.25, 0.3) is 5.91 Å². The molecule has 0 bridgehead atoms. The van der Waals surface area contributed by atoms with Crippen molar-refractivity contribution >= 4 is 17.5 Å². The Morgan fingerprint density at radius 2 is 1.69 bits per heavy atom. The highest BCUT2D eigenvalue weighted by Gasteiger charge is 2.59. The molecule has 2 saturated heterocycles. The lowest BCUT2D eigenvalue weighted by molar-refractivity contribution is -0.141. The average Bonchev–Trinajstić information content (AvgIpc) is 3.15. The number of imide groups is 1. The summed E-state index contributed by atoms with van der Waals surface area (Å²) < 4.78 is 5.23. The number of methoxy groups -OCH3 is 1. The Labute approximate surface area is 151 Å². The molecule has 2 aliphatic heterocycles. The molecular weight excluding hydrogens is 332 g/mol. The number of carbonyl (C=O) groups excluding carboxylic acids is 2. The van der Waals surface area contributed by atoms with E-state index >= 15 is 0 Å². The third kappa shape index (κ3) is 2.37. The fourth-order valence-electron chi connectivity index (χ4n) is 3.71. The second kappa shape index (κ2) is 6.14. The standard InChI is InChI=1S/C20H20N2O4/c1-12-6-4-5-7-15(12)22-17(13-8-10-14(25-3)11-9-13)16-18(26-22)20(24)21(2)19(16)23/h4-11,16-18H,1-3H3. The number of anilines is 1. The van der Waals surface area contributed by atoms with Crippen LogP contribution in [0.1, 0.15) is 17.2 Å². The van der Waals surface area contributed by atoms with Crippen LogP contribution >= 0.6 is 0 Å². The van der Waals surface area contributed by atoms with Gasteiger partial charge >= 0.3 is 0 Å². The summed E-state index contributed by atoms with van der Waals surface area (Å²) in [6.45, 7) is 1.98. The van der Waals surface area contributed by atoms with Crippen LogP contribution < -0.4 is 9.80 Å². The number of fused-ring (bicyclic) bond motifs is 1. The Kier molecular flexibility index (Phi) is 3.92. The highest BCUT2D eigenvalue weighted by molar-refractivity contribution is 6.07. The molecule has 2 aromatic carbocycles. The predicted molar refractivity (Wildman–Crippen MR) is 95.5 cm³/mol. The van der Waals surface area contributed by atoms with Gasteiger partial charge in [0, 0.05) is 7.05 Å². The van der Waals surface area contributed by atoms with Gasteiger partial charge in [0.15, 0.2) is 6.10 Å². The maximum Gasteiger partial charge on any atom is 0.261 e. The summed E-state index contributed by atoms with van der Waals surface area (Å²) in [5.41, 5.74) is 2.77. The molecule has 2 aromatic rings. The SMILES string of the molecule is COc1ccc(C2C3C(=O)N(C)C(=O)C3ON2c2ccccc2C)cc1. The quantitative estimate of drug-likeness (QED) is 0.795. The topological polar surface area (TPSA) is 59.1 Å². The van der Waals surface area contributed by atoms with E-state index in [4.69, 9.17) is 9.57 Å². The summed E-state index contributed by atoms with van der Waals surface area (Å²) in [7, 11) is 3.12. The maximum absolute atomic E-state index is 12.7. The molecule has 0 radical (unpaired) electrons. The van der Waals surface area contributed by atoms with Gasteiger partial charge in [-0.3, -0.25) is 19.3 Å². The number of hydrogen-bond donors (Lipinski definition) is 0. The van der Waals surface area contributed by atoms with Gasteiger partial charge in [-0.25, -0.2) is 5.06 Å². The fourth-order valence-corrected chi connectivity index (χ4v) is 3.71. The first-order valence-electron chi connectivity index (χ1n) is 8.50. The summed E-state index contributed by atoms with van der Waals surface area (Å²) in [5, 5.41) is 1.72. The van der Waals surface area contributed by atoms with E-state index in [1.165, 1.54) is 11.9 Å². The molecule has 4 rings (SSSR count). The number of likely N-dealkylation sites (N-methyl/N-ethyl adjacent to an activating group) is 1. The molecule has 2 fully saturated rings. The van der Waals surface area contributed by atoms with Crippen LogP contribution in [0, 0.1) is 12.8 Å². The number of rotatable bonds is 3. The second-order valence-electron chi connectivity index (χ2n) is 6.62. The molecule has 0 aliphatic carbocycles. The lowest BCUT2D eigenvalue weighted by atomic mass is 9.90. The number of hydroxylamine groups is 1. The van der Waals surface area contributed by atoms with E-state index in [9.17, 15) is 9.59 Å². The summed E-state index contributed by atoms with van der Waals surface area (Å²) in [4.78, 5) is 32.4. The van der Waals surface area contributed by atoms with E-state index < -0.39 is 12.0 Å². The van der Waals surface area contributed by atoms with Crippen LogP contribution in [0.5, 0.6) is 5.75 Å². The van der Waals surface area contributed by atoms with Crippen LogP contribution in [0.25, 0.3) is 0 Å². The molecule has 26 heavy (non-hydrogen) atoms. The molecule has 2 amide bonds.